The summed E-state index contributed by atoms with van der Waals surface area (Å²) in [7, 11) is 0. The van der Waals surface area contributed by atoms with Crippen molar-refractivity contribution in [2.45, 2.75) is 0 Å². The lowest BCUT2D eigenvalue weighted by Gasteiger charge is -2.08. The van der Waals surface area contributed by atoms with Crippen LogP contribution in [0.4, 0.5) is 18.9 Å². The van der Waals surface area contributed by atoms with Crippen LogP contribution in [0.2, 0.25) is 0 Å². The number of carbonyl (C=O) groups is 2. The van der Waals surface area contributed by atoms with Crippen molar-refractivity contribution in [2.24, 2.45) is 0 Å². The summed E-state index contributed by atoms with van der Waals surface area (Å²) < 4.78 is 44.5. The Bertz CT molecular complexity index is 1110. The number of amides is 2. The predicted molar refractivity (Wildman–Crippen MR) is 89.8 cm³/mol. The van der Waals surface area contributed by atoms with Crippen LogP contribution >= 0.6 is 0 Å². The van der Waals surface area contributed by atoms with E-state index in [4.69, 9.17) is 4.42 Å². The summed E-state index contributed by atoms with van der Waals surface area (Å²) in [6.45, 7) is -0.635. The molecule has 138 valence electrons. The van der Waals surface area contributed by atoms with Gasteiger partial charge in [-0.05, 0) is 24.3 Å². The van der Waals surface area contributed by atoms with E-state index in [0.29, 0.717) is 17.0 Å². The van der Waals surface area contributed by atoms with E-state index in [9.17, 15) is 27.6 Å². The smallest absolute Gasteiger partial charge is 0.349 e. The van der Waals surface area contributed by atoms with Gasteiger partial charge in [0.15, 0.2) is 17.5 Å². The Balaban J connectivity index is 1.69. The van der Waals surface area contributed by atoms with Crippen LogP contribution in [0.25, 0.3) is 11.0 Å². The van der Waals surface area contributed by atoms with Gasteiger partial charge in [-0.1, -0.05) is 18.2 Å². The topological polar surface area (TPSA) is 88.4 Å². The van der Waals surface area contributed by atoms with E-state index in [1.54, 1.807) is 24.3 Å². The minimum atomic E-state index is -1.73. The highest BCUT2D eigenvalue weighted by molar-refractivity contribution is 6.00. The second-order valence-corrected chi connectivity index (χ2v) is 5.44. The van der Waals surface area contributed by atoms with Gasteiger partial charge in [0.1, 0.15) is 11.1 Å². The maximum absolute atomic E-state index is 13.5. The van der Waals surface area contributed by atoms with Crippen LogP contribution in [-0.2, 0) is 4.79 Å². The molecule has 1 heterocycles. The molecular weight excluding hydrogens is 365 g/mol. The number of halogens is 3. The van der Waals surface area contributed by atoms with Crippen molar-refractivity contribution in [3.63, 3.8) is 0 Å². The summed E-state index contributed by atoms with van der Waals surface area (Å²) in [5.74, 6) is -6.48. The summed E-state index contributed by atoms with van der Waals surface area (Å²) in [5, 5.41) is 4.67. The number of anilines is 1. The highest BCUT2D eigenvalue weighted by atomic mass is 19.2. The third kappa shape index (κ3) is 3.81. The molecule has 3 aromatic rings. The Morgan fingerprint density at radius 1 is 1.00 bits per heavy atom. The van der Waals surface area contributed by atoms with Crippen molar-refractivity contribution in [3.8, 4) is 0 Å². The van der Waals surface area contributed by atoms with E-state index in [1.807, 2.05) is 5.32 Å². The van der Waals surface area contributed by atoms with E-state index in [1.165, 1.54) is 6.07 Å². The van der Waals surface area contributed by atoms with Gasteiger partial charge in [-0.2, -0.15) is 0 Å². The zero-order chi connectivity index (χ0) is 19.6. The van der Waals surface area contributed by atoms with Crippen LogP contribution in [0.5, 0.6) is 0 Å². The van der Waals surface area contributed by atoms with Gasteiger partial charge in [0.2, 0.25) is 5.91 Å². The molecule has 1 aromatic heterocycles. The lowest BCUT2D eigenvalue weighted by Crippen LogP contribution is -2.35. The van der Waals surface area contributed by atoms with Crippen molar-refractivity contribution < 1.29 is 27.2 Å². The fourth-order valence-electron chi connectivity index (χ4n) is 2.29. The van der Waals surface area contributed by atoms with E-state index < -0.39 is 47.1 Å². The number of carbonyl (C=O) groups excluding carboxylic acids is 2. The molecule has 0 atom stereocenters. The number of benzene rings is 2. The van der Waals surface area contributed by atoms with Gasteiger partial charge in [0, 0.05) is 5.39 Å². The maximum Gasteiger partial charge on any atom is 0.349 e. The Morgan fingerprint density at radius 2 is 1.74 bits per heavy atom. The lowest BCUT2D eigenvalue weighted by molar-refractivity contribution is -0.115. The monoisotopic (exact) mass is 376 g/mol. The molecular formula is C18H11F3N2O4. The quantitative estimate of drug-likeness (QED) is 0.541. The van der Waals surface area contributed by atoms with Gasteiger partial charge in [-0.25, -0.2) is 18.0 Å². The molecule has 3 rings (SSSR count). The molecule has 0 unspecified atom stereocenters. The standard InChI is InChI=1S/C18H11F3N2O4/c19-11-5-6-12(16(21)15(11)20)23-14(24)8-22-17(25)10-7-9-3-1-2-4-13(9)27-18(10)26/h1-7H,8H2,(H,22,25)(H,23,24). The van der Waals surface area contributed by atoms with Crippen molar-refractivity contribution in [2.75, 3.05) is 11.9 Å². The van der Waals surface area contributed by atoms with Crippen LogP contribution in [0.15, 0.2) is 51.7 Å². The van der Waals surface area contributed by atoms with Crippen LogP contribution in [-0.4, -0.2) is 18.4 Å². The minimum Gasteiger partial charge on any atom is -0.422 e. The first-order valence-corrected chi connectivity index (χ1v) is 7.61. The number of fused-ring (bicyclic) bond motifs is 1. The molecule has 2 amide bonds. The second kappa shape index (κ2) is 7.32. The molecule has 2 aromatic carbocycles. The molecule has 0 saturated heterocycles. The largest absolute Gasteiger partial charge is 0.422 e. The molecule has 0 aliphatic carbocycles. The first kappa shape index (κ1) is 18.2. The Morgan fingerprint density at radius 3 is 2.52 bits per heavy atom. The third-order valence-corrected chi connectivity index (χ3v) is 3.60. The van der Waals surface area contributed by atoms with Gasteiger partial charge in [-0.3, -0.25) is 9.59 Å². The van der Waals surface area contributed by atoms with Crippen molar-refractivity contribution >= 4 is 28.5 Å². The van der Waals surface area contributed by atoms with Gasteiger partial charge in [-0.15, -0.1) is 0 Å². The first-order chi connectivity index (χ1) is 12.9. The number of hydrogen-bond donors (Lipinski definition) is 2. The molecule has 2 N–H and O–H groups in total. The summed E-state index contributed by atoms with van der Waals surface area (Å²) >= 11 is 0. The Kier molecular flexibility index (Phi) is 4.93. The molecule has 0 bridgehead atoms. The van der Waals surface area contributed by atoms with E-state index in [-0.39, 0.29) is 5.56 Å². The molecule has 9 heteroatoms. The zero-order valence-electron chi connectivity index (χ0n) is 13.5. The fraction of sp³-hybridized carbons (Fsp3) is 0.0556. The highest BCUT2D eigenvalue weighted by Gasteiger charge is 2.17. The fourth-order valence-corrected chi connectivity index (χ4v) is 2.29. The van der Waals surface area contributed by atoms with E-state index in [2.05, 4.69) is 5.32 Å². The van der Waals surface area contributed by atoms with Crippen LogP contribution < -0.4 is 16.3 Å². The Labute approximate surface area is 149 Å². The average Bonchev–Trinajstić information content (AvgIpc) is 2.66. The summed E-state index contributed by atoms with van der Waals surface area (Å²) in [6, 6.07) is 9.33. The highest BCUT2D eigenvalue weighted by Crippen LogP contribution is 2.19. The van der Waals surface area contributed by atoms with E-state index in [0.717, 1.165) is 6.07 Å². The minimum absolute atomic E-state index is 0.297. The van der Waals surface area contributed by atoms with Gasteiger partial charge < -0.3 is 15.1 Å². The number of nitrogens with one attached hydrogen (secondary N) is 2. The maximum atomic E-state index is 13.5. The SMILES string of the molecule is O=C(CNC(=O)c1cc2ccccc2oc1=O)Nc1ccc(F)c(F)c1F. The molecule has 27 heavy (non-hydrogen) atoms. The third-order valence-electron chi connectivity index (χ3n) is 3.60. The molecule has 0 aliphatic heterocycles. The zero-order valence-corrected chi connectivity index (χ0v) is 13.5. The molecule has 6 nitrogen and oxygen atoms in total. The predicted octanol–water partition coefficient (Wildman–Crippen LogP) is 2.58. The average molecular weight is 376 g/mol. The van der Waals surface area contributed by atoms with Crippen molar-refractivity contribution in [1.82, 2.24) is 5.32 Å². The summed E-state index contributed by atoms with van der Waals surface area (Å²) in [5.41, 5.74) is -1.50. The molecule has 0 fully saturated rings. The number of para-hydroxylation sites is 1. The van der Waals surface area contributed by atoms with Crippen molar-refractivity contribution in [3.05, 3.63) is 75.9 Å². The molecule has 0 radical (unpaired) electrons. The van der Waals surface area contributed by atoms with Crippen LogP contribution in [0, 0.1) is 17.5 Å². The van der Waals surface area contributed by atoms with Gasteiger partial charge >= 0.3 is 5.63 Å². The van der Waals surface area contributed by atoms with Crippen LogP contribution in [0.1, 0.15) is 10.4 Å². The lowest BCUT2D eigenvalue weighted by atomic mass is 10.2. The van der Waals surface area contributed by atoms with Crippen LogP contribution in [0.3, 0.4) is 0 Å². The summed E-state index contributed by atoms with van der Waals surface area (Å²) in [4.78, 5) is 35.8. The molecule has 0 aliphatic rings. The summed E-state index contributed by atoms with van der Waals surface area (Å²) in [6.07, 6.45) is 0. The second-order valence-electron chi connectivity index (χ2n) is 5.44. The van der Waals surface area contributed by atoms with Gasteiger partial charge in [0.05, 0.1) is 12.2 Å². The molecule has 0 spiro atoms. The Hall–Kier alpha value is -3.62. The number of hydrogen-bond acceptors (Lipinski definition) is 4. The molecule has 0 saturated carbocycles. The first-order valence-electron chi connectivity index (χ1n) is 7.61. The van der Waals surface area contributed by atoms with Crippen molar-refractivity contribution in [1.29, 1.82) is 0 Å². The van der Waals surface area contributed by atoms with E-state index >= 15 is 0 Å². The number of rotatable bonds is 4. The normalized spacial score (nSPS) is 10.6. The van der Waals surface area contributed by atoms with Gasteiger partial charge in [0.25, 0.3) is 5.91 Å².